The van der Waals surface area contributed by atoms with E-state index in [0.717, 1.165) is 6.07 Å². The Morgan fingerprint density at radius 3 is 2.56 bits per heavy atom. The molecule has 1 aromatic rings. The zero-order chi connectivity index (χ0) is 11.7. The Labute approximate surface area is 89.1 Å². The first-order valence-corrected chi connectivity index (χ1v) is 4.60. The van der Waals surface area contributed by atoms with Crippen molar-refractivity contribution in [1.82, 2.24) is 0 Å². The molecule has 1 unspecified atom stereocenters. The molecule has 1 aromatic carbocycles. The van der Waals surface area contributed by atoms with Gasteiger partial charge in [-0.15, -0.1) is 0 Å². The maximum Gasteiger partial charge on any atom is 0.161 e. The van der Waals surface area contributed by atoms with E-state index in [1.54, 1.807) is 0 Å². The number of aliphatic hydroxyl groups excluding tert-OH is 1. The molecule has 1 N–H and O–H groups in total. The average molecular weight is 231 g/mol. The highest BCUT2D eigenvalue weighted by Crippen LogP contribution is 2.21. The Morgan fingerprint density at radius 1 is 1.25 bits per heavy atom. The van der Waals surface area contributed by atoms with Gasteiger partial charge in [0.1, 0.15) is 5.82 Å². The zero-order valence-electron chi connectivity index (χ0n) is 8.08. The van der Waals surface area contributed by atoms with Crippen molar-refractivity contribution < 1.29 is 23.1 Å². The number of benzene rings is 1. The van der Waals surface area contributed by atoms with Crippen LogP contribution in [0.4, 0.5) is 13.2 Å². The maximum absolute atomic E-state index is 13.3. The molecule has 0 aromatic heterocycles. The molecule has 1 aliphatic heterocycles. The summed E-state index contributed by atoms with van der Waals surface area (Å²) in [5, 5.41) is 12.3. The first kappa shape index (κ1) is 10.9. The summed E-state index contributed by atoms with van der Waals surface area (Å²) in [5.41, 5.74) is 0.0188. The molecule has 0 saturated heterocycles. The number of hydrogen-bond acceptors (Lipinski definition) is 3. The fourth-order valence-electron chi connectivity index (χ4n) is 1.43. The zero-order valence-corrected chi connectivity index (χ0v) is 8.08. The molecule has 1 aliphatic rings. The molecule has 16 heavy (non-hydrogen) atoms. The fraction of sp³-hybridized carbons (Fsp3) is 0.300. The van der Waals surface area contributed by atoms with Crippen LogP contribution in [0.3, 0.4) is 0 Å². The van der Waals surface area contributed by atoms with Crippen LogP contribution < -0.4 is 0 Å². The summed E-state index contributed by atoms with van der Waals surface area (Å²) in [4.78, 5) is 4.75. The van der Waals surface area contributed by atoms with Crippen LogP contribution in [0.2, 0.25) is 0 Å². The van der Waals surface area contributed by atoms with Crippen molar-refractivity contribution in [3.63, 3.8) is 0 Å². The number of rotatable bonds is 2. The number of oxime groups is 1. The first-order chi connectivity index (χ1) is 7.61. The lowest BCUT2D eigenvalue weighted by molar-refractivity contribution is 0.0390. The Balaban J connectivity index is 2.32. The van der Waals surface area contributed by atoms with Crippen LogP contribution in [0.5, 0.6) is 0 Å². The van der Waals surface area contributed by atoms with Gasteiger partial charge in [-0.2, -0.15) is 0 Å². The van der Waals surface area contributed by atoms with Crippen LogP contribution in [0.25, 0.3) is 0 Å². The van der Waals surface area contributed by atoms with Gasteiger partial charge in [-0.25, -0.2) is 13.2 Å². The summed E-state index contributed by atoms with van der Waals surface area (Å²) in [6.07, 6.45) is -0.388. The van der Waals surface area contributed by atoms with E-state index in [2.05, 4.69) is 5.16 Å². The fourth-order valence-corrected chi connectivity index (χ4v) is 1.43. The quantitative estimate of drug-likeness (QED) is 0.785. The summed E-state index contributed by atoms with van der Waals surface area (Å²) in [7, 11) is 0. The lowest BCUT2D eigenvalue weighted by Crippen LogP contribution is -2.13. The van der Waals surface area contributed by atoms with Crippen molar-refractivity contribution in [3.8, 4) is 0 Å². The molecule has 1 atom stereocenters. The molecule has 3 nitrogen and oxygen atoms in total. The van der Waals surface area contributed by atoms with Crippen LogP contribution in [0.1, 0.15) is 12.0 Å². The highest BCUT2D eigenvalue weighted by atomic mass is 19.2. The maximum atomic E-state index is 13.3. The predicted octanol–water partition coefficient (Wildman–Crippen LogP) is 1.59. The molecule has 86 valence electrons. The van der Waals surface area contributed by atoms with Gasteiger partial charge in [0, 0.05) is 18.1 Å². The number of halogens is 3. The van der Waals surface area contributed by atoms with E-state index in [4.69, 9.17) is 9.94 Å². The van der Waals surface area contributed by atoms with Gasteiger partial charge in [0.2, 0.25) is 0 Å². The lowest BCUT2D eigenvalue weighted by atomic mass is 10.0. The van der Waals surface area contributed by atoms with E-state index in [0.29, 0.717) is 6.07 Å². The van der Waals surface area contributed by atoms with Crippen molar-refractivity contribution >= 4 is 5.71 Å². The van der Waals surface area contributed by atoms with Crippen LogP contribution in [0.15, 0.2) is 17.3 Å². The molecule has 0 radical (unpaired) electrons. The third kappa shape index (κ3) is 1.88. The third-order valence-electron chi connectivity index (χ3n) is 2.26. The average Bonchev–Trinajstić information content (AvgIpc) is 2.71. The second-order valence-corrected chi connectivity index (χ2v) is 3.40. The highest BCUT2D eigenvalue weighted by molar-refractivity contribution is 6.01. The normalized spacial score (nSPS) is 19.5. The minimum atomic E-state index is -1.25. The molecule has 6 heteroatoms. The predicted molar refractivity (Wildman–Crippen MR) is 49.4 cm³/mol. The van der Waals surface area contributed by atoms with Crippen molar-refractivity contribution in [2.75, 3.05) is 6.61 Å². The number of nitrogens with zero attached hydrogens (tertiary/aromatic N) is 1. The van der Waals surface area contributed by atoms with Crippen molar-refractivity contribution in [3.05, 3.63) is 35.1 Å². The van der Waals surface area contributed by atoms with Gasteiger partial charge in [0.25, 0.3) is 0 Å². The van der Waals surface area contributed by atoms with Crippen molar-refractivity contribution in [1.29, 1.82) is 0 Å². The largest absolute Gasteiger partial charge is 0.392 e. The van der Waals surface area contributed by atoms with E-state index < -0.39 is 23.6 Å². The number of hydrogen-bond donors (Lipinski definition) is 1. The summed E-state index contributed by atoms with van der Waals surface area (Å²) in [5.74, 6) is -3.30. The molecule has 2 rings (SSSR count). The molecule has 0 spiro atoms. The van der Waals surface area contributed by atoms with Gasteiger partial charge >= 0.3 is 0 Å². The second kappa shape index (κ2) is 4.13. The monoisotopic (exact) mass is 231 g/mol. The SMILES string of the molecule is OCC1CC(c2cc(F)c(F)cc2F)=NO1. The van der Waals surface area contributed by atoms with Gasteiger partial charge in [0.05, 0.1) is 12.3 Å². The molecular formula is C10H8F3NO2. The Bertz CT molecular complexity index is 448. The van der Waals surface area contributed by atoms with Gasteiger partial charge in [0.15, 0.2) is 17.7 Å². The lowest BCUT2D eigenvalue weighted by Gasteiger charge is -2.03. The minimum Gasteiger partial charge on any atom is -0.392 e. The van der Waals surface area contributed by atoms with Crippen LogP contribution in [0, 0.1) is 17.5 Å². The Hall–Kier alpha value is -1.56. The van der Waals surface area contributed by atoms with Crippen molar-refractivity contribution in [2.45, 2.75) is 12.5 Å². The van der Waals surface area contributed by atoms with E-state index in [1.807, 2.05) is 0 Å². The third-order valence-corrected chi connectivity index (χ3v) is 2.26. The molecule has 1 heterocycles. The Kier molecular flexibility index (Phi) is 2.82. The first-order valence-electron chi connectivity index (χ1n) is 4.60. The molecule has 0 saturated carbocycles. The topological polar surface area (TPSA) is 41.8 Å². The van der Waals surface area contributed by atoms with Crippen LogP contribution >= 0.6 is 0 Å². The highest BCUT2D eigenvalue weighted by Gasteiger charge is 2.24. The standard InChI is InChI=1S/C10H8F3NO2/c11-7-3-9(13)8(12)2-6(7)10-1-5(4-15)16-14-10/h2-3,5,15H,1,4H2. The van der Waals surface area contributed by atoms with E-state index in [9.17, 15) is 13.2 Å². The minimum absolute atomic E-state index is 0.144. The van der Waals surface area contributed by atoms with Crippen LogP contribution in [-0.4, -0.2) is 23.5 Å². The summed E-state index contributed by atoms with van der Waals surface area (Å²) < 4.78 is 38.9. The summed E-state index contributed by atoms with van der Waals surface area (Å²) >= 11 is 0. The second-order valence-electron chi connectivity index (χ2n) is 3.40. The van der Waals surface area contributed by atoms with E-state index in [1.165, 1.54) is 0 Å². The molecule has 0 bridgehead atoms. The van der Waals surface area contributed by atoms with Gasteiger partial charge in [-0.1, -0.05) is 5.16 Å². The van der Waals surface area contributed by atoms with Gasteiger partial charge in [-0.05, 0) is 6.07 Å². The van der Waals surface area contributed by atoms with E-state index in [-0.39, 0.29) is 24.3 Å². The van der Waals surface area contributed by atoms with Gasteiger partial charge in [-0.3, -0.25) is 0 Å². The molecule has 0 amide bonds. The molecule has 0 fully saturated rings. The smallest absolute Gasteiger partial charge is 0.161 e. The summed E-state index contributed by atoms with van der Waals surface area (Å²) in [6.45, 7) is -0.266. The van der Waals surface area contributed by atoms with Gasteiger partial charge < -0.3 is 9.94 Å². The molecule has 0 aliphatic carbocycles. The Morgan fingerprint density at radius 2 is 1.94 bits per heavy atom. The number of aliphatic hydroxyl groups is 1. The van der Waals surface area contributed by atoms with E-state index >= 15 is 0 Å². The van der Waals surface area contributed by atoms with Crippen molar-refractivity contribution in [2.24, 2.45) is 5.16 Å². The summed E-state index contributed by atoms with van der Waals surface area (Å²) in [6, 6.07) is 1.19. The van der Waals surface area contributed by atoms with Crippen LogP contribution in [-0.2, 0) is 4.84 Å². The molecular weight excluding hydrogens is 223 g/mol.